The van der Waals surface area contributed by atoms with E-state index in [4.69, 9.17) is 4.74 Å². The van der Waals surface area contributed by atoms with Gasteiger partial charge < -0.3 is 10.1 Å². The number of ether oxygens (including phenoxy) is 1. The summed E-state index contributed by atoms with van der Waals surface area (Å²) in [7, 11) is 0. The van der Waals surface area contributed by atoms with Crippen LogP contribution in [0.4, 0.5) is 0 Å². The van der Waals surface area contributed by atoms with Gasteiger partial charge in [-0.05, 0) is 60.5 Å². The van der Waals surface area contributed by atoms with Crippen LogP contribution in [0.15, 0.2) is 47.2 Å². The normalized spacial score (nSPS) is 16.5. The van der Waals surface area contributed by atoms with Gasteiger partial charge >= 0.3 is 0 Å². The molecule has 3 rings (SSSR count). The third-order valence-electron chi connectivity index (χ3n) is 4.37. The molecular formula is C19H24N2O2S. The number of piperidine rings is 1. The zero-order valence-electron chi connectivity index (χ0n) is 13.8. The number of carbonyl (C=O) groups is 1. The molecule has 128 valence electrons. The van der Waals surface area contributed by atoms with E-state index in [1.165, 1.54) is 24.8 Å². The molecule has 0 aliphatic carbocycles. The highest BCUT2D eigenvalue weighted by Gasteiger charge is 2.23. The molecule has 1 saturated heterocycles. The second-order valence-electron chi connectivity index (χ2n) is 6.07. The van der Waals surface area contributed by atoms with Crippen LogP contribution in [0, 0.1) is 0 Å². The summed E-state index contributed by atoms with van der Waals surface area (Å²) in [6, 6.07) is 11.9. The smallest absolute Gasteiger partial charge is 0.258 e. The van der Waals surface area contributed by atoms with Gasteiger partial charge in [-0.25, -0.2) is 0 Å². The fourth-order valence-corrected chi connectivity index (χ4v) is 3.79. The van der Waals surface area contributed by atoms with E-state index in [9.17, 15) is 4.79 Å². The lowest BCUT2D eigenvalue weighted by Gasteiger charge is -2.34. The summed E-state index contributed by atoms with van der Waals surface area (Å²) in [6.07, 6.45) is 3.79. The van der Waals surface area contributed by atoms with Crippen molar-refractivity contribution >= 4 is 17.2 Å². The lowest BCUT2D eigenvalue weighted by molar-refractivity contribution is -0.123. The van der Waals surface area contributed by atoms with E-state index in [2.05, 4.69) is 27.0 Å². The summed E-state index contributed by atoms with van der Waals surface area (Å²) in [5.74, 6) is 0.647. The standard InChI is InChI=1S/C19H24N2O2S/c22-19(14-23-17-7-3-1-4-8-17)20-13-18(16-9-12-24-15-16)21-10-5-2-6-11-21/h1,3-4,7-9,12,15,18H,2,5-6,10-11,13-14H2,(H,20,22). The zero-order valence-corrected chi connectivity index (χ0v) is 14.6. The quantitative estimate of drug-likeness (QED) is 0.836. The van der Waals surface area contributed by atoms with Gasteiger partial charge in [0.2, 0.25) is 0 Å². The lowest BCUT2D eigenvalue weighted by atomic mass is 10.0. The molecule has 0 spiro atoms. The molecule has 0 bridgehead atoms. The zero-order chi connectivity index (χ0) is 16.6. The Morgan fingerprint density at radius 2 is 1.96 bits per heavy atom. The first-order valence-electron chi connectivity index (χ1n) is 8.53. The van der Waals surface area contributed by atoms with Gasteiger partial charge in [-0.3, -0.25) is 9.69 Å². The summed E-state index contributed by atoms with van der Waals surface area (Å²) in [5, 5.41) is 7.33. The van der Waals surface area contributed by atoms with Crippen molar-refractivity contribution in [3.8, 4) is 5.75 Å². The minimum Gasteiger partial charge on any atom is -0.484 e. The maximum Gasteiger partial charge on any atom is 0.258 e. The number of rotatable bonds is 7. The highest BCUT2D eigenvalue weighted by atomic mass is 32.1. The molecule has 1 fully saturated rings. The van der Waals surface area contributed by atoms with E-state index in [1.807, 2.05) is 30.3 Å². The molecule has 1 N–H and O–H groups in total. The summed E-state index contributed by atoms with van der Waals surface area (Å²) < 4.78 is 5.51. The van der Waals surface area contributed by atoms with E-state index < -0.39 is 0 Å². The van der Waals surface area contributed by atoms with Gasteiger partial charge in [0.1, 0.15) is 5.75 Å². The molecule has 2 aromatic rings. The Hall–Kier alpha value is -1.85. The van der Waals surface area contributed by atoms with Crippen LogP contribution in [0.2, 0.25) is 0 Å². The second-order valence-corrected chi connectivity index (χ2v) is 6.85. The predicted octanol–water partition coefficient (Wildman–Crippen LogP) is 3.47. The van der Waals surface area contributed by atoms with Crippen molar-refractivity contribution in [3.05, 3.63) is 52.7 Å². The molecule has 1 aliphatic heterocycles. The largest absolute Gasteiger partial charge is 0.484 e. The van der Waals surface area contributed by atoms with Crippen molar-refractivity contribution in [2.45, 2.75) is 25.3 Å². The van der Waals surface area contributed by atoms with Gasteiger partial charge in [0, 0.05) is 6.54 Å². The van der Waals surface area contributed by atoms with Gasteiger partial charge in [0.05, 0.1) is 6.04 Å². The number of amides is 1. The van der Waals surface area contributed by atoms with Crippen LogP contribution in [-0.4, -0.2) is 37.0 Å². The van der Waals surface area contributed by atoms with E-state index >= 15 is 0 Å². The maximum absolute atomic E-state index is 12.1. The summed E-state index contributed by atoms with van der Waals surface area (Å²) in [5.41, 5.74) is 1.30. The molecule has 24 heavy (non-hydrogen) atoms. The topological polar surface area (TPSA) is 41.6 Å². The monoisotopic (exact) mass is 344 g/mol. The average Bonchev–Trinajstić information content (AvgIpc) is 3.16. The maximum atomic E-state index is 12.1. The summed E-state index contributed by atoms with van der Waals surface area (Å²) >= 11 is 1.71. The number of thiophene rings is 1. The first-order chi connectivity index (χ1) is 11.8. The van der Waals surface area contributed by atoms with Crippen molar-refractivity contribution in [1.82, 2.24) is 10.2 Å². The Bertz CT molecular complexity index is 610. The number of para-hydroxylation sites is 1. The van der Waals surface area contributed by atoms with Crippen LogP contribution in [0.1, 0.15) is 30.9 Å². The second kappa shape index (κ2) is 8.85. The number of carbonyl (C=O) groups excluding carboxylic acids is 1. The molecule has 1 aromatic heterocycles. The fourth-order valence-electron chi connectivity index (χ4n) is 3.08. The number of nitrogens with zero attached hydrogens (tertiary/aromatic N) is 1. The number of likely N-dealkylation sites (tertiary alicyclic amines) is 1. The Labute approximate surface area is 147 Å². The Morgan fingerprint density at radius 3 is 2.67 bits per heavy atom. The molecular weight excluding hydrogens is 320 g/mol. The molecule has 1 unspecified atom stereocenters. The molecule has 5 heteroatoms. The van der Waals surface area contributed by atoms with Crippen LogP contribution in [-0.2, 0) is 4.79 Å². The molecule has 1 aromatic carbocycles. The van der Waals surface area contributed by atoms with E-state index in [1.54, 1.807) is 11.3 Å². The predicted molar refractivity (Wildman–Crippen MR) is 97.4 cm³/mol. The first-order valence-corrected chi connectivity index (χ1v) is 9.48. The molecule has 1 amide bonds. The van der Waals surface area contributed by atoms with Crippen LogP contribution < -0.4 is 10.1 Å². The van der Waals surface area contributed by atoms with Gasteiger partial charge in [-0.1, -0.05) is 24.6 Å². The van der Waals surface area contributed by atoms with Crippen LogP contribution in [0.5, 0.6) is 5.75 Å². The van der Waals surface area contributed by atoms with Crippen LogP contribution in [0.3, 0.4) is 0 Å². The minimum atomic E-state index is -0.0731. The van der Waals surface area contributed by atoms with Gasteiger partial charge in [-0.2, -0.15) is 11.3 Å². The van der Waals surface area contributed by atoms with Crippen molar-refractivity contribution in [2.24, 2.45) is 0 Å². The number of hydrogen-bond acceptors (Lipinski definition) is 4. The highest BCUT2D eigenvalue weighted by Crippen LogP contribution is 2.25. The molecule has 1 aliphatic rings. The third-order valence-corrected chi connectivity index (χ3v) is 5.07. The summed E-state index contributed by atoms with van der Waals surface area (Å²) in [6.45, 7) is 2.90. The molecule has 1 atom stereocenters. The molecule has 4 nitrogen and oxygen atoms in total. The van der Waals surface area contributed by atoms with Gasteiger partial charge in [0.25, 0.3) is 5.91 Å². The van der Waals surface area contributed by atoms with Crippen molar-refractivity contribution < 1.29 is 9.53 Å². The van der Waals surface area contributed by atoms with Crippen molar-refractivity contribution in [2.75, 3.05) is 26.2 Å². The van der Waals surface area contributed by atoms with Crippen molar-refractivity contribution in [1.29, 1.82) is 0 Å². The number of nitrogens with one attached hydrogen (secondary N) is 1. The van der Waals surface area contributed by atoms with E-state index in [0.29, 0.717) is 6.54 Å². The van der Waals surface area contributed by atoms with Crippen LogP contribution >= 0.6 is 11.3 Å². The van der Waals surface area contributed by atoms with Crippen LogP contribution in [0.25, 0.3) is 0 Å². The van der Waals surface area contributed by atoms with Crippen molar-refractivity contribution in [3.63, 3.8) is 0 Å². The molecule has 2 heterocycles. The number of benzene rings is 1. The number of hydrogen-bond donors (Lipinski definition) is 1. The molecule has 0 saturated carbocycles. The Balaban J connectivity index is 1.52. The average molecular weight is 344 g/mol. The molecule has 0 radical (unpaired) electrons. The highest BCUT2D eigenvalue weighted by molar-refractivity contribution is 7.07. The van der Waals surface area contributed by atoms with E-state index in [-0.39, 0.29) is 18.6 Å². The van der Waals surface area contributed by atoms with Gasteiger partial charge in [0.15, 0.2) is 6.61 Å². The van der Waals surface area contributed by atoms with Gasteiger partial charge in [-0.15, -0.1) is 0 Å². The lowest BCUT2D eigenvalue weighted by Crippen LogP contribution is -2.41. The Kier molecular flexibility index (Phi) is 6.26. The Morgan fingerprint density at radius 1 is 1.17 bits per heavy atom. The fraction of sp³-hybridized carbons (Fsp3) is 0.421. The minimum absolute atomic E-state index is 0.0559. The van der Waals surface area contributed by atoms with E-state index in [0.717, 1.165) is 18.8 Å². The third kappa shape index (κ3) is 4.82. The first kappa shape index (κ1) is 17.0. The SMILES string of the molecule is O=C(COc1ccccc1)NCC(c1ccsc1)N1CCCCC1. The summed E-state index contributed by atoms with van der Waals surface area (Å²) in [4.78, 5) is 14.6.